The highest BCUT2D eigenvalue weighted by molar-refractivity contribution is 5.99. The first-order valence-electron chi connectivity index (χ1n) is 23.4. The van der Waals surface area contributed by atoms with E-state index >= 15 is 0 Å². The first kappa shape index (κ1) is 45.9. The van der Waals surface area contributed by atoms with Crippen molar-refractivity contribution >= 4 is 34.1 Å². The lowest BCUT2D eigenvalue weighted by Gasteiger charge is -2.38. The van der Waals surface area contributed by atoms with Gasteiger partial charge in [0.2, 0.25) is 0 Å². The molecule has 1 aliphatic rings. The Bertz CT molecular complexity index is 2670. The Balaban J connectivity index is 1.63. The Kier molecular flexibility index (Phi) is 11.4. The fourth-order valence-corrected chi connectivity index (χ4v) is 12.6. The molecule has 7 rings (SSSR count). The lowest BCUT2D eigenvalue weighted by molar-refractivity contribution is 0.650. The Morgan fingerprint density at radius 3 is 0.714 bits per heavy atom. The van der Waals surface area contributed by atoms with Crippen LogP contribution in [0, 0.1) is 152 Å². The summed E-state index contributed by atoms with van der Waals surface area (Å²) in [6.07, 6.45) is 0. The van der Waals surface area contributed by atoms with E-state index < -0.39 is 0 Å². The average Bonchev–Trinajstić information content (AvgIpc) is 3.45. The van der Waals surface area contributed by atoms with Crippen molar-refractivity contribution in [3.63, 3.8) is 0 Å². The average molecular weight is 837 g/mol. The maximum Gasteiger partial charge on any atom is 0.0526 e. The third kappa shape index (κ3) is 6.47. The van der Waals surface area contributed by atoms with Crippen LogP contribution in [0.4, 0.5) is 34.1 Å². The molecule has 0 aliphatic heterocycles. The Morgan fingerprint density at radius 1 is 0.254 bits per heavy atom. The van der Waals surface area contributed by atoms with E-state index in [0.29, 0.717) is 0 Å². The summed E-state index contributed by atoms with van der Waals surface area (Å²) in [6, 6.07) is 9.50. The van der Waals surface area contributed by atoms with Gasteiger partial charge in [-0.25, -0.2) is 0 Å². The van der Waals surface area contributed by atoms with Crippen molar-refractivity contribution in [2.45, 2.75) is 172 Å². The second kappa shape index (κ2) is 15.6. The first-order chi connectivity index (χ1) is 29.2. The molecule has 0 fully saturated rings. The molecule has 0 aromatic heterocycles. The van der Waals surface area contributed by atoms with Crippen LogP contribution in [0.1, 0.15) is 147 Å². The lowest BCUT2D eigenvalue weighted by Crippen LogP contribution is -2.24. The third-order valence-electron chi connectivity index (χ3n) is 16.6. The van der Waals surface area contributed by atoms with Crippen LogP contribution in [0.25, 0.3) is 11.1 Å². The standard InChI is InChI=1S/C61H76N2/c1-29-25-31(3)55(32(4)26-29)62(57-43(15)37(9)35(7)38(10)44(57)16)59-47(19)41(13)51-52-42(14)48(20)60(50(22)54(52)61(23,24)53(51)49(59)21)63(56-33(5)27-30(2)28-34(56)6)58-45(17)39(11)36(8)40(12)46(58)18/h25-28H,1-24H3. The number of hydrogen-bond acceptors (Lipinski definition) is 2. The molecule has 0 spiro atoms. The van der Waals surface area contributed by atoms with E-state index in [1.54, 1.807) is 0 Å². The largest absolute Gasteiger partial charge is 0.309 e. The summed E-state index contributed by atoms with van der Waals surface area (Å²) in [7, 11) is 0. The van der Waals surface area contributed by atoms with Crippen LogP contribution in [-0.2, 0) is 5.41 Å². The normalized spacial score (nSPS) is 12.9. The maximum absolute atomic E-state index is 2.69. The second-order valence-electron chi connectivity index (χ2n) is 20.7. The zero-order valence-corrected chi connectivity index (χ0v) is 43.7. The van der Waals surface area contributed by atoms with Gasteiger partial charge in [0.25, 0.3) is 0 Å². The van der Waals surface area contributed by atoms with Gasteiger partial charge in [0.1, 0.15) is 0 Å². The smallest absolute Gasteiger partial charge is 0.0526 e. The summed E-state index contributed by atoms with van der Waals surface area (Å²) in [5, 5.41) is 0. The molecule has 6 aromatic rings. The molecule has 0 N–H and O–H groups in total. The van der Waals surface area contributed by atoms with E-state index in [-0.39, 0.29) is 5.41 Å². The van der Waals surface area contributed by atoms with Crippen molar-refractivity contribution in [1.82, 2.24) is 0 Å². The van der Waals surface area contributed by atoms with Crippen molar-refractivity contribution < 1.29 is 0 Å². The van der Waals surface area contributed by atoms with Crippen LogP contribution in [-0.4, -0.2) is 0 Å². The van der Waals surface area contributed by atoms with Gasteiger partial charge in [0.15, 0.2) is 0 Å². The molecule has 6 aromatic carbocycles. The summed E-state index contributed by atoms with van der Waals surface area (Å²) in [6.45, 7) is 56.5. The Morgan fingerprint density at radius 2 is 0.460 bits per heavy atom. The van der Waals surface area contributed by atoms with Crippen LogP contribution in [0.3, 0.4) is 0 Å². The molecule has 330 valence electrons. The van der Waals surface area contributed by atoms with Crippen molar-refractivity contribution in [3.05, 3.63) is 158 Å². The number of anilines is 6. The first-order valence-corrected chi connectivity index (χ1v) is 23.4. The number of fused-ring (bicyclic) bond motifs is 3. The van der Waals surface area contributed by atoms with Gasteiger partial charge in [0, 0.05) is 5.41 Å². The fraction of sp³-hybridized carbons (Fsp3) is 0.410. The molecule has 1 aliphatic carbocycles. The minimum atomic E-state index is -0.280. The topological polar surface area (TPSA) is 6.48 Å². The molecule has 63 heavy (non-hydrogen) atoms. The van der Waals surface area contributed by atoms with Gasteiger partial charge in [-0.1, -0.05) is 49.2 Å². The zero-order valence-electron chi connectivity index (χ0n) is 43.7. The van der Waals surface area contributed by atoms with E-state index in [2.05, 4.69) is 200 Å². The van der Waals surface area contributed by atoms with Crippen LogP contribution in [0.5, 0.6) is 0 Å². The van der Waals surface area contributed by atoms with Gasteiger partial charge in [-0.15, -0.1) is 0 Å². The van der Waals surface area contributed by atoms with Crippen molar-refractivity contribution in [2.24, 2.45) is 0 Å². The molecule has 0 atom stereocenters. The molecular formula is C61H76N2. The van der Waals surface area contributed by atoms with Gasteiger partial charge >= 0.3 is 0 Å². The molecule has 2 nitrogen and oxygen atoms in total. The number of rotatable bonds is 6. The van der Waals surface area contributed by atoms with Crippen molar-refractivity contribution in [3.8, 4) is 11.1 Å². The van der Waals surface area contributed by atoms with Crippen molar-refractivity contribution in [1.29, 1.82) is 0 Å². The lowest BCUT2D eigenvalue weighted by atomic mass is 9.76. The maximum atomic E-state index is 2.69. The summed E-state index contributed by atoms with van der Waals surface area (Å²) < 4.78 is 0. The number of aryl methyl sites for hydroxylation is 6. The van der Waals surface area contributed by atoms with Crippen LogP contribution in [0.15, 0.2) is 24.3 Å². The Hall–Kier alpha value is -5.08. The number of nitrogens with zero attached hydrogens (tertiary/aromatic N) is 2. The van der Waals surface area contributed by atoms with Crippen molar-refractivity contribution in [2.75, 3.05) is 9.80 Å². The van der Waals surface area contributed by atoms with Gasteiger partial charge in [-0.3, -0.25) is 0 Å². The Labute approximate surface area is 382 Å². The van der Waals surface area contributed by atoms with E-state index in [1.165, 1.54) is 179 Å². The summed E-state index contributed by atoms with van der Waals surface area (Å²) in [5.41, 5.74) is 43.2. The SMILES string of the molecule is Cc1cc(C)c(N(c2c(C)c(C)c(C)c(C)c2C)c2c(C)c(C)c3c(c2C)C(C)(C)c2c(C)c(N(c4c(C)cc(C)cc4C)c4c(C)c(C)c(C)c(C)c4C)c(C)c(C)c2-3)c(C)c1. The predicted octanol–water partition coefficient (Wildman–Crippen LogP) is 17.7. The monoisotopic (exact) mass is 837 g/mol. The molecule has 0 heterocycles. The molecule has 0 unspecified atom stereocenters. The molecule has 0 saturated heterocycles. The van der Waals surface area contributed by atoms with E-state index in [1.807, 2.05) is 0 Å². The predicted molar refractivity (Wildman–Crippen MR) is 278 cm³/mol. The van der Waals surface area contributed by atoms with E-state index in [9.17, 15) is 0 Å². The van der Waals surface area contributed by atoms with Gasteiger partial charge in [-0.2, -0.15) is 0 Å². The summed E-state index contributed by atoms with van der Waals surface area (Å²) in [5.74, 6) is 0. The third-order valence-corrected chi connectivity index (χ3v) is 16.6. The zero-order chi connectivity index (χ0) is 47.0. The molecule has 0 radical (unpaired) electrons. The molecule has 0 saturated carbocycles. The minimum Gasteiger partial charge on any atom is -0.309 e. The van der Waals surface area contributed by atoms with Gasteiger partial charge < -0.3 is 9.80 Å². The van der Waals surface area contributed by atoms with Gasteiger partial charge in [0.05, 0.1) is 34.1 Å². The number of hydrogen-bond donors (Lipinski definition) is 0. The summed E-state index contributed by atoms with van der Waals surface area (Å²) in [4.78, 5) is 5.39. The highest BCUT2D eigenvalue weighted by atomic mass is 15.2. The quantitative estimate of drug-likeness (QED) is 0.165. The molecule has 0 amide bonds. The second-order valence-corrected chi connectivity index (χ2v) is 20.7. The summed E-state index contributed by atoms with van der Waals surface area (Å²) >= 11 is 0. The van der Waals surface area contributed by atoms with E-state index in [4.69, 9.17) is 0 Å². The van der Waals surface area contributed by atoms with Crippen LogP contribution in [0.2, 0.25) is 0 Å². The molecule has 2 heteroatoms. The van der Waals surface area contributed by atoms with Crippen LogP contribution >= 0.6 is 0 Å². The van der Waals surface area contributed by atoms with E-state index in [0.717, 1.165) is 0 Å². The van der Waals surface area contributed by atoms with Crippen LogP contribution < -0.4 is 9.80 Å². The molecular weight excluding hydrogens is 761 g/mol. The minimum absolute atomic E-state index is 0.280. The molecule has 0 bridgehead atoms. The number of benzene rings is 6. The fourth-order valence-electron chi connectivity index (χ4n) is 12.6. The highest BCUT2D eigenvalue weighted by Crippen LogP contribution is 2.61. The van der Waals surface area contributed by atoms with Gasteiger partial charge in [-0.05, 0) is 286 Å². The highest BCUT2D eigenvalue weighted by Gasteiger charge is 2.44.